The van der Waals surface area contributed by atoms with E-state index in [9.17, 15) is 18.0 Å². The lowest BCUT2D eigenvalue weighted by Gasteiger charge is -2.17. The van der Waals surface area contributed by atoms with E-state index in [0.29, 0.717) is 0 Å². The van der Waals surface area contributed by atoms with E-state index < -0.39 is 34.2 Å². The second-order valence-corrected chi connectivity index (χ2v) is 8.52. The normalized spacial score (nSPS) is 12.4. The van der Waals surface area contributed by atoms with E-state index in [4.69, 9.17) is 27.9 Å². The lowest BCUT2D eigenvalue weighted by atomic mass is 10.0. The summed E-state index contributed by atoms with van der Waals surface area (Å²) in [7, 11) is -4.03. The summed E-state index contributed by atoms with van der Waals surface area (Å²) in [6.45, 7) is 3.45. The van der Waals surface area contributed by atoms with Crippen molar-refractivity contribution >= 4 is 45.0 Å². The van der Waals surface area contributed by atoms with Crippen molar-refractivity contribution in [2.75, 3.05) is 6.61 Å². The number of nitrogens with one attached hydrogen (secondary N) is 1. The van der Waals surface area contributed by atoms with Crippen molar-refractivity contribution in [2.24, 2.45) is 0 Å². The molecule has 6 nitrogen and oxygen atoms in total. The summed E-state index contributed by atoms with van der Waals surface area (Å²) in [5, 5.41) is 0.459. The quantitative estimate of drug-likeness (QED) is 0.495. The molecule has 0 saturated carbocycles. The first-order chi connectivity index (χ1) is 13.1. The fourth-order valence-electron chi connectivity index (χ4n) is 2.36. The van der Waals surface area contributed by atoms with E-state index in [-0.39, 0.29) is 27.1 Å². The third kappa shape index (κ3) is 5.78. The van der Waals surface area contributed by atoms with Crippen LogP contribution in [0.25, 0.3) is 0 Å². The molecule has 0 aromatic heterocycles. The molecule has 0 aliphatic carbocycles. The van der Waals surface area contributed by atoms with Gasteiger partial charge in [-0.1, -0.05) is 40.9 Å². The van der Waals surface area contributed by atoms with Gasteiger partial charge in [0.2, 0.25) is 10.0 Å². The summed E-state index contributed by atoms with van der Waals surface area (Å²) in [5.41, 5.74) is 1.09. The monoisotopic (exact) mass is 443 g/mol. The van der Waals surface area contributed by atoms with Gasteiger partial charge in [0.25, 0.3) is 0 Å². The zero-order valence-corrected chi connectivity index (χ0v) is 17.6. The number of benzene rings is 2. The molecule has 0 fully saturated rings. The number of ketones is 1. The molecule has 28 heavy (non-hydrogen) atoms. The van der Waals surface area contributed by atoms with Gasteiger partial charge in [-0.05, 0) is 44.2 Å². The number of rotatable bonds is 8. The van der Waals surface area contributed by atoms with Crippen molar-refractivity contribution < 1.29 is 22.7 Å². The maximum absolute atomic E-state index is 12.6. The SMILES string of the molecule is CCOC(=O)[C@H](CC(=O)c1ccc(Cl)c(Cl)c1)NS(=O)(=O)c1ccc(C)cc1. The third-order valence-corrected chi connectivity index (χ3v) is 6.06. The van der Waals surface area contributed by atoms with Crippen LogP contribution >= 0.6 is 23.2 Å². The zero-order chi connectivity index (χ0) is 20.9. The van der Waals surface area contributed by atoms with Crippen LogP contribution in [0.2, 0.25) is 10.0 Å². The maximum Gasteiger partial charge on any atom is 0.324 e. The van der Waals surface area contributed by atoms with Crippen molar-refractivity contribution in [3.63, 3.8) is 0 Å². The Morgan fingerprint density at radius 3 is 2.29 bits per heavy atom. The van der Waals surface area contributed by atoms with Crippen molar-refractivity contribution in [1.29, 1.82) is 0 Å². The summed E-state index contributed by atoms with van der Waals surface area (Å²) in [6, 6.07) is 8.99. The highest BCUT2D eigenvalue weighted by Crippen LogP contribution is 2.23. The first kappa shape index (κ1) is 22.4. The van der Waals surface area contributed by atoms with Gasteiger partial charge < -0.3 is 4.74 Å². The Morgan fingerprint density at radius 2 is 1.71 bits per heavy atom. The molecule has 0 heterocycles. The third-order valence-electron chi connectivity index (χ3n) is 3.83. The van der Waals surface area contributed by atoms with Crippen molar-refractivity contribution in [1.82, 2.24) is 4.72 Å². The molecule has 0 radical (unpaired) electrons. The molecule has 1 N–H and O–H groups in total. The average molecular weight is 444 g/mol. The first-order valence-corrected chi connectivity index (χ1v) is 10.6. The van der Waals surface area contributed by atoms with Crippen LogP contribution < -0.4 is 4.72 Å². The Hall–Kier alpha value is -1.93. The van der Waals surface area contributed by atoms with E-state index in [1.54, 1.807) is 19.1 Å². The smallest absolute Gasteiger partial charge is 0.324 e. The van der Waals surface area contributed by atoms with Crippen LogP contribution in [0.5, 0.6) is 0 Å². The minimum Gasteiger partial charge on any atom is -0.465 e. The van der Waals surface area contributed by atoms with Gasteiger partial charge in [-0.2, -0.15) is 4.72 Å². The number of aryl methyl sites for hydroxylation is 1. The number of esters is 1. The molecule has 2 rings (SSSR count). The fourth-order valence-corrected chi connectivity index (χ4v) is 3.84. The number of Topliss-reactive ketones (excluding diaryl/α,β-unsaturated/α-hetero) is 1. The highest BCUT2D eigenvalue weighted by Gasteiger charge is 2.29. The van der Waals surface area contributed by atoms with Crippen LogP contribution in [-0.2, 0) is 19.6 Å². The highest BCUT2D eigenvalue weighted by molar-refractivity contribution is 7.89. The number of carbonyl (C=O) groups is 2. The molecule has 0 bridgehead atoms. The van der Waals surface area contributed by atoms with Gasteiger partial charge in [-0.15, -0.1) is 0 Å². The molecule has 150 valence electrons. The van der Waals surface area contributed by atoms with Gasteiger partial charge in [0.1, 0.15) is 6.04 Å². The Balaban J connectivity index is 2.26. The molecular weight excluding hydrogens is 425 g/mol. The first-order valence-electron chi connectivity index (χ1n) is 8.38. The van der Waals surface area contributed by atoms with Crippen LogP contribution in [0.3, 0.4) is 0 Å². The molecule has 0 amide bonds. The number of hydrogen-bond acceptors (Lipinski definition) is 5. The van der Waals surface area contributed by atoms with Crippen LogP contribution in [0.15, 0.2) is 47.4 Å². The summed E-state index contributed by atoms with van der Waals surface area (Å²) >= 11 is 11.8. The summed E-state index contributed by atoms with van der Waals surface area (Å²) in [4.78, 5) is 24.8. The van der Waals surface area contributed by atoms with Crippen LogP contribution in [-0.4, -0.2) is 32.8 Å². The minimum absolute atomic E-state index is 0.0191. The van der Waals surface area contributed by atoms with Crippen molar-refractivity contribution in [3.05, 3.63) is 63.6 Å². The Labute approximate surface area is 173 Å². The van der Waals surface area contributed by atoms with E-state index >= 15 is 0 Å². The van der Waals surface area contributed by atoms with Gasteiger partial charge >= 0.3 is 5.97 Å². The topological polar surface area (TPSA) is 89.5 Å². The van der Waals surface area contributed by atoms with E-state index in [1.807, 2.05) is 6.92 Å². The standard InChI is InChI=1S/C19H19Cl2NO5S/c1-3-27-19(24)17(11-18(23)13-6-9-15(20)16(21)10-13)22-28(25,26)14-7-4-12(2)5-8-14/h4-10,17,22H,3,11H2,1-2H3/t17-/m0/s1. The van der Waals surface area contributed by atoms with E-state index in [1.165, 1.54) is 30.3 Å². The molecule has 0 spiro atoms. The Morgan fingerprint density at radius 1 is 1.07 bits per heavy atom. The number of halogens is 2. The number of carbonyl (C=O) groups excluding carboxylic acids is 2. The molecular formula is C19H19Cl2NO5S. The fraction of sp³-hybridized carbons (Fsp3) is 0.263. The molecule has 2 aromatic rings. The molecule has 2 aromatic carbocycles. The summed E-state index contributed by atoms with van der Waals surface area (Å²) in [5.74, 6) is -1.32. The van der Waals surface area contributed by atoms with Crippen LogP contribution in [0.4, 0.5) is 0 Å². The van der Waals surface area contributed by atoms with Gasteiger partial charge in [0, 0.05) is 12.0 Å². The van der Waals surface area contributed by atoms with Gasteiger partial charge in [0.15, 0.2) is 5.78 Å². The van der Waals surface area contributed by atoms with Crippen LogP contribution in [0.1, 0.15) is 29.3 Å². The second kappa shape index (κ2) is 9.52. The van der Waals surface area contributed by atoms with Crippen LogP contribution in [0, 0.1) is 6.92 Å². The lowest BCUT2D eigenvalue weighted by molar-refractivity contribution is -0.145. The van der Waals surface area contributed by atoms with Gasteiger partial charge in [0.05, 0.1) is 21.5 Å². The predicted octanol–water partition coefficient (Wildman–Crippen LogP) is 3.78. The lowest BCUT2D eigenvalue weighted by Crippen LogP contribution is -2.43. The predicted molar refractivity (Wildman–Crippen MR) is 107 cm³/mol. The molecule has 0 saturated heterocycles. The summed E-state index contributed by atoms with van der Waals surface area (Å²) < 4.78 is 32.4. The molecule has 9 heteroatoms. The van der Waals surface area contributed by atoms with Gasteiger partial charge in [-0.25, -0.2) is 8.42 Å². The maximum atomic E-state index is 12.6. The zero-order valence-electron chi connectivity index (χ0n) is 15.2. The Bertz CT molecular complexity index is 974. The van der Waals surface area contributed by atoms with Crippen molar-refractivity contribution in [2.45, 2.75) is 31.2 Å². The van der Waals surface area contributed by atoms with Gasteiger partial charge in [-0.3, -0.25) is 9.59 Å². The van der Waals surface area contributed by atoms with Crippen molar-refractivity contribution in [3.8, 4) is 0 Å². The number of hydrogen-bond donors (Lipinski definition) is 1. The molecule has 0 aliphatic heterocycles. The summed E-state index contributed by atoms with van der Waals surface area (Å²) in [6.07, 6.45) is -0.429. The molecule has 0 unspecified atom stereocenters. The average Bonchev–Trinajstić information content (AvgIpc) is 2.63. The number of ether oxygens (including phenoxy) is 1. The molecule has 1 atom stereocenters. The minimum atomic E-state index is -4.03. The second-order valence-electron chi connectivity index (χ2n) is 6.00. The largest absolute Gasteiger partial charge is 0.465 e. The number of sulfonamides is 1. The Kier molecular flexibility index (Phi) is 7.60. The van der Waals surface area contributed by atoms with E-state index in [2.05, 4.69) is 4.72 Å². The highest BCUT2D eigenvalue weighted by atomic mass is 35.5. The molecule has 0 aliphatic rings. The van der Waals surface area contributed by atoms with E-state index in [0.717, 1.165) is 5.56 Å².